The summed E-state index contributed by atoms with van der Waals surface area (Å²) in [6, 6.07) is 1.73. The predicted octanol–water partition coefficient (Wildman–Crippen LogP) is 1.92. The van der Waals surface area contributed by atoms with E-state index in [1.54, 1.807) is 18.9 Å². The van der Waals surface area contributed by atoms with Gasteiger partial charge in [0.25, 0.3) is 0 Å². The Morgan fingerprint density at radius 3 is 2.74 bits per heavy atom. The highest BCUT2D eigenvalue weighted by Crippen LogP contribution is 2.21. The van der Waals surface area contributed by atoms with Gasteiger partial charge in [-0.3, -0.25) is 9.69 Å². The second-order valence-electron chi connectivity index (χ2n) is 4.39. The third-order valence-electron chi connectivity index (χ3n) is 2.98. The summed E-state index contributed by atoms with van der Waals surface area (Å²) in [5.74, 6) is -2.40. The molecule has 0 bridgehead atoms. The highest BCUT2D eigenvalue weighted by Gasteiger charge is 2.18. The molecule has 2 rings (SSSR count). The van der Waals surface area contributed by atoms with Crippen LogP contribution in [-0.4, -0.2) is 39.5 Å². The lowest BCUT2D eigenvalue weighted by molar-refractivity contribution is -0.138. The van der Waals surface area contributed by atoms with Crippen LogP contribution in [0.25, 0.3) is 11.0 Å². The van der Waals surface area contributed by atoms with E-state index in [1.807, 2.05) is 0 Å². The maximum Gasteiger partial charge on any atom is 0.317 e. The van der Waals surface area contributed by atoms with Crippen molar-refractivity contribution in [2.45, 2.75) is 13.0 Å². The number of likely N-dealkylation sites (N-methyl/N-ethyl adjacent to an activating group) is 1. The van der Waals surface area contributed by atoms with Gasteiger partial charge in [0.05, 0.1) is 23.6 Å². The van der Waals surface area contributed by atoms with Gasteiger partial charge in [-0.2, -0.15) is 0 Å². The number of aliphatic carboxylic acids is 1. The van der Waals surface area contributed by atoms with E-state index < -0.39 is 17.6 Å². The summed E-state index contributed by atoms with van der Waals surface area (Å²) in [7, 11) is 1.63. The summed E-state index contributed by atoms with van der Waals surface area (Å²) in [5.41, 5.74) is 0.689. The second kappa shape index (κ2) is 4.93. The molecule has 0 aliphatic heterocycles. The normalized spacial score (nSPS) is 13.1. The highest BCUT2D eigenvalue weighted by molar-refractivity contribution is 5.75. The van der Waals surface area contributed by atoms with Gasteiger partial charge < -0.3 is 10.1 Å². The second-order valence-corrected chi connectivity index (χ2v) is 4.39. The molecule has 5 nitrogen and oxygen atoms in total. The molecule has 1 aromatic carbocycles. The van der Waals surface area contributed by atoms with Crippen molar-refractivity contribution in [1.82, 2.24) is 14.9 Å². The lowest BCUT2D eigenvalue weighted by Crippen LogP contribution is -2.29. The van der Waals surface area contributed by atoms with Crippen LogP contribution in [0.3, 0.4) is 0 Å². The standard InChI is InChI=1S/C12H13F2N3O2/c1-6(17(2)5-11(18)19)12-15-9-3-7(13)8(14)4-10(9)16-12/h3-4,6H,5H2,1-2H3,(H,15,16)(H,18,19). The van der Waals surface area contributed by atoms with Crippen molar-refractivity contribution in [2.24, 2.45) is 0 Å². The first-order valence-electron chi connectivity index (χ1n) is 5.65. The zero-order valence-electron chi connectivity index (χ0n) is 10.4. The molecule has 1 unspecified atom stereocenters. The fourth-order valence-corrected chi connectivity index (χ4v) is 1.78. The van der Waals surface area contributed by atoms with Gasteiger partial charge in [0.1, 0.15) is 5.82 Å². The number of hydrogen-bond donors (Lipinski definition) is 2. The number of benzene rings is 1. The smallest absolute Gasteiger partial charge is 0.317 e. The third kappa shape index (κ3) is 2.70. The van der Waals surface area contributed by atoms with E-state index in [9.17, 15) is 13.6 Å². The molecule has 0 amide bonds. The van der Waals surface area contributed by atoms with Crippen LogP contribution >= 0.6 is 0 Å². The average Bonchev–Trinajstić information content (AvgIpc) is 2.70. The van der Waals surface area contributed by atoms with Crippen LogP contribution < -0.4 is 0 Å². The van der Waals surface area contributed by atoms with Crippen molar-refractivity contribution in [3.05, 3.63) is 29.6 Å². The molecule has 2 N–H and O–H groups in total. The third-order valence-corrected chi connectivity index (χ3v) is 2.98. The number of nitrogens with one attached hydrogen (secondary N) is 1. The van der Waals surface area contributed by atoms with Gasteiger partial charge in [0, 0.05) is 12.1 Å². The SMILES string of the molecule is CC(c1nc2cc(F)c(F)cc2[nH]1)N(C)CC(=O)O. The van der Waals surface area contributed by atoms with Crippen LogP contribution in [0.15, 0.2) is 12.1 Å². The molecule has 0 aliphatic rings. The minimum Gasteiger partial charge on any atom is -0.480 e. The van der Waals surface area contributed by atoms with Crippen molar-refractivity contribution in [2.75, 3.05) is 13.6 Å². The van der Waals surface area contributed by atoms with Crippen LogP contribution in [0.4, 0.5) is 8.78 Å². The first-order valence-corrected chi connectivity index (χ1v) is 5.65. The summed E-state index contributed by atoms with van der Waals surface area (Å²) >= 11 is 0. The van der Waals surface area contributed by atoms with Crippen molar-refractivity contribution < 1.29 is 18.7 Å². The fraction of sp³-hybridized carbons (Fsp3) is 0.333. The van der Waals surface area contributed by atoms with Crippen LogP contribution in [0.5, 0.6) is 0 Å². The molecule has 0 saturated carbocycles. The van der Waals surface area contributed by atoms with E-state index in [0.717, 1.165) is 12.1 Å². The molecule has 1 aromatic heterocycles. The molecular weight excluding hydrogens is 256 g/mol. The molecule has 102 valence electrons. The van der Waals surface area contributed by atoms with E-state index in [1.165, 1.54) is 0 Å². The van der Waals surface area contributed by atoms with Gasteiger partial charge in [0.2, 0.25) is 0 Å². The lowest BCUT2D eigenvalue weighted by atomic mass is 10.3. The minimum atomic E-state index is -0.961. The van der Waals surface area contributed by atoms with Crippen LogP contribution in [0.2, 0.25) is 0 Å². The molecule has 7 heteroatoms. The monoisotopic (exact) mass is 269 g/mol. The zero-order chi connectivity index (χ0) is 14.2. The number of carbonyl (C=O) groups is 1. The van der Waals surface area contributed by atoms with Crippen molar-refractivity contribution in [3.63, 3.8) is 0 Å². The number of nitrogens with zero attached hydrogens (tertiary/aromatic N) is 2. The van der Waals surface area contributed by atoms with Gasteiger partial charge >= 0.3 is 5.97 Å². The Labute approximate surface area is 107 Å². The number of halogens is 2. The summed E-state index contributed by atoms with van der Waals surface area (Å²) < 4.78 is 26.2. The summed E-state index contributed by atoms with van der Waals surface area (Å²) in [5, 5.41) is 8.72. The molecule has 0 aliphatic carbocycles. The number of carboxylic acid groups (broad SMARTS) is 1. The van der Waals surface area contributed by atoms with Crippen molar-refractivity contribution >= 4 is 17.0 Å². The highest BCUT2D eigenvalue weighted by atomic mass is 19.2. The van der Waals surface area contributed by atoms with E-state index in [4.69, 9.17) is 5.11 Å². The quantitative estimate of drug-likeness (QED) is 0.889. The van der Waals surface area contributed by atoms with E-state index in [2.05, 4.69) is 9.97 Å². The molecule has 1 heterocycles. The van der Waals surface area contributed by atoms with Gasteiger partial charge in [-0.15, -0.1) is 0 Å². The van der Waals surface area contributed by atoms with Gasteiger partial charge in [-0.25, -0.2) is 13.8 Å². The topological polar surface area (TPSA) is 69.2 Å². The average molecular weight is 269 g/mol. The fourth-order valence-electron chi connectivity index (χ4n) is 1.78. The Hall–Kier alpha value is -2.02. The number of fused-ring (bicyclic) bond motifs is 1. The van der Waals surface area contributed by atoms with E-state index in [-0.39, 0.29) is 12.6 Å². The molecule has 0 radical (unpaired) electrons. The van der Waals surface area contributed by atoms with Gasteiger partial charge in [-0.05, 0) is 14.0 Å². The zero-order valence-corrected chi connectivity index (χ0v) is 10.4. The molecule has 0 spiro atoms. The van der Waals surface area contributed by atoms with E-state index >= 15 is 0 Å². The van der Waals surface area contributed by atoms with Gasteiger partial charge in [-0.1, -0.05) is 0 Å². The number of H-pyrrole nitrogens is 1. The number of imidazole rings is 1. The number of rotatable bonds is 4. The van der Waals surface area contributed by atoms with Crippen LogP contribution in [0.1, 0.15) is 18.8 Å². The van der Waals surface area contributed by atoms with Crippen LogP contribution in [0, 0.1) is 11.6 Å². The predicted molar refractivity (Wildman–Crippen MR) is 64.7 cm³/mol. The molecule has 0 saturated heterocycles. The Morgan fingerprint density at radius 2 is 2.11 bits per heavy atom. The number of carboxylic acids is 1. The molecular formula is C12H13F2N3O2. The Morgan fingerprint density at radius 1 is 1.47 bits per heavy atom. The Balaban J connectivity index is 2.32. The molecule has 19 heavy (non-hydrogen) atoms. The Kier molecular flexibility index (Phi) is 3.48. The first kappa shape index (κ1) is 13.4. The van der Waals surface area contributed by atoms with Crippen molar-refractivity contribution in [3.8, 4) is 0 Å². The van der Waals surface area contributed by atoms with E-state index in [0.29, 0.717) is 16.9 Å². The van der Waals surface area contributed by atoms with Gasteiger partial charge in [0.15, 0.2) is 11.6 Å². The summed E-state index contributed by atoms with van der Waals surface area (Å²) in [4.78, 5) is 19.2. The largest absolute Gasteiger partial charge is 0.480 e. The van der Waals surface area contributed by atoms with Crippen molar-refractivity contribution in [1.29, 1.82) is 0 Å². The molecule has 1 atom stereocenters. The number of aromatic amines is 1. The maximum atomic E-state index is 13.1. The minimum absolute atomic E-state index is 0.152. The maximum absolute atomic E-state index is 13.1. The lowest BCUT2D eigenvalue weighted by Gasteiger charge is -2.20. The van der Waals surface area contributed by atoms with Crippen LogP contribution in [-0.2, 0) is 4.79 Å². The molecule has 0 fully saturated rings. The summed E-state index contributed by atoms with van der Waals surface area (Å²) in [6.45, 7) is 1.61. The number of aromatic nitrogens is 2. The first-order chi connectivity index (χ1) is 8.88. The summed E-state index contributed by atoms with van der Waals surface area (Å²) in [6.07, 6.45) is 0. The molecule has 2 aromatic rings. The Bertz CT molecular complexity index is 588. The number of hydrogen-bond acceptors (Lipinski definition) is 3.